The summed E-state index contributed by atoms with van der Waals surface area (Å²) in [7, 11) is 0. The van der Waals surface area contributed by atoms with Gasteiger partial charge in [0, 0.05) is 10.6 Å². The van der Waals surface area contributed by atoms with Gasteiger partial charge < -0.3 is 9.84 Å². The molecule has 0 aliphatic heterocycles. The molecule has 0 radical (unpaired) electrons. The van der Waals surface area contributed by atoms with Crippen molar-refractivity contribution in [3.05, 3.63) is 57.5 Å². The molecule has 0 amide bonds. The van der Waals surface area contributed by atoms with E-state index in [0.29, 0.717) is 20.8 Å². The van der Waals surface area contributed by atoms with Crippen molar-refractivity contribution in [3.8, 4) is 11.5 Å². The summed E-state index contributed by atoms with van der Waals surface area (Å²) in [6.45, 7) is -0.0784. The molecule has 0 aliphatic carbocycles. The number of aromatic hydroxyl groups is 1. The highest BCUT2D eigenvalue weighted by molar-refractivity contribution is 9.10. The van der Waals surface area contributed by atoms with E-state index in [1.165, 1.54) is 12.1 Å². The second-order valence-corrected chi connectivity index (χ2v) is 5.12. The van der Waals surface area contributed by atoms with Gasteiger partial charge in [-0.05, 0) is 58.4 Å². The molecular weight excluding hydrogens is 332 g/mol. The molecule has 0 spiro atoms. The van der Waals surface area contributed by atoms with Crippen LogP contribution in [0.4, 0.5) is 0 Å². The Balaban J connectivity index is 2.02. The number of phenols is 1. The van der Waals surface area contributed by atoms with E-state index in [1.807, 2.05) is 0 Å². The maximum atomic E-state index is 11.9. The second kappa shape index (κ2) is 6.08. The van der Waals surface area contributed by atoms with Gasteiger partial charge in [-0.3, -0.25) is 4.79 Å². The van der Waals surface area contributed by atoms with Crippen LogP contribution in [-0.4, -0.2) is 17.5 Å². The van der Waals surface area contributed by atoms with Crippen LogP contribution in [-0.2, 0) is 0 Å². The molecule has 0 aromatic heterocycles. The lowest BCUT2D eigenvalue weighted by Gasteiger charge is -2.07. The van der Waals surface area contributed by atoms with E-state index in [2.05, 4.69) is 15.9 Å². The van der Waals surface area contributed by atoms with Crippen molar-refractivity contribution in [1.29, 1.82) is 0 Å². The van der Waals surface area contributed by atoms with Crippen LogP contribution >= 0.6 is 27.5 Å². The number of benzene rings is 2. The van der Waals surface area contributed by atoms with Gasteiger partial charge in [-0.25, -0.2) is 0 Å². The molecule has 0 heterocycles. The zero-order valence-corrected chi connectivity index (χ0v) is 12.1. The Labute approximate surface area is 123 Å². The number of halogens is 2. The summed E-state index contributed by atoms with van der Waals surface area (Å²) in [5.41, 5.74) is 0.489. The van der Waals surface area contributed by atoms with Crippen molar-refractivity contribution >= 4 is 33.3 Å². The summed E-state index contributed by atoms with van der Waals surface area (Å²) in [5, 5.41) is 9.73. The van der Waals surface area contributed by atoms with Gasteiger partial charge in [0.05, 0.1) is 4.47 Å². The van der Waals surface area contributed by atoms with Crippen molar-refractivity contribution < 1.29 is 14.6 Å². The molecule has 5 heteroatoms. The Bertz CT molecular complexity index is 596. The topological polar surface area (TPSA) is 46.5 Å². The van der Waals surface area contributed by atoms with E-state index < -0.39 is 0 Å². The predicted octanol–water partition coefficient (Wildman–Crippen LogP) is 4.07. The SMILES string of the molecule is O=C(COc1ccc(Cl)cc1Br)c1ccc(O)cc1. The number of Topliss-reactive ketones (excluding diaryl/α,β-unsaturated/α-hetero) is 1. The standard InChI is InChI=1S/C14H10BrClO3/c15-12-7-10(16)3-6-14(12)19-8-13(18)9-1-4-11(17)5-2-9/h1-7,17H,8H2. The number of carbonyl (C=O) groups excluding carboxylic acids is 1. The highest BCUT2D eigenvalue weighted by Crippen LogP contribution is 2.28. The number of rotatable bonds is 4. The van der Waals surface area contributed by atoms with Crippen LogP contribution in [0.2, 0.25) is 5.02 Å². The van der Waals surface area contributed by atoms with Crippen molar-refractivity contribution in [2.75, 3.05) is 6.61 Å². The minimum atomic E-state index is -0.165. The zero-order valence-electron chi connectivity index (χ0n) is 9.77. The molecule has 0 unspecified atom stereocenters. The van der Waals surface area contributed by atoms with Gasteiger partial charge in [-0.2, -0.15) is 0 Å². The summed E-state index contributed by atoms with van der Waals surface area (Å²) >= 11 is 9.12. The van der Waals surface area contributed by atoms with E-state index in [-0.39, 0.29) is 18.1 Å². The third-order valence-electron chi connectivity index (χ3n) is 2.44. The van der Waals surface area contributed by atoms with Crippen molar-refractivity contribution in [3.63, 3.8) is 0 Å². The minimum Gasteiger partial charge on any atom is -0.508 e. The van der Waals surface area contributed by atoms with Gasteiger partial charge in [0.15, 0.2) is 12.4 Å². The number of ketones is 1. The third kappa shape index (κ3) is 3.72. The van der Waals surface area contributed by atoms with Crippen LogP contribution < -0.4 is 4.74 Å². The first-order valence-electron chi connectivity index (χ1n) is 5.46. The average molecular weight is 342 g/mol. The van der Waals surface area contributed by atoms with E-state index >= 15 is 0 Å². The fourth-order valence-electron chi connectivity index (χ4n) is 1.47. The largest absolute Gasteiger partial charge is 0.508 e. The first kappa shape index (κ1) is 13.9. The lowest BCUT2D eigenvalue weighted by molar-refractivity contribution is 0.0921. The van der Waals surface area contributed by atoms with Crippen molar-refractivity contribution in [2.24, 2.45) is 0 Å². The molecule has 0 atom stereocenters. The highest BCUT2D eigenvalue weighted by atomic mass is 79.9. The third-order valence-corrected chi connectivity index (χ3v) is 3.30. The predicted molar refractivity (Wildman–Crippen MR) is 77.1 cm³/mol. The Morgan fingerprint density at radius 1 is 1.21 bits per heavy atom. The van der Waals surface area contributed by atoms with Crippen LogP contribution in [0.5, 0.6) is 11.5 Å². The van der Waals surface area contributed by atoms with E-state index in [9.17, 15) is 4.79 Å². The van der Waals surface area contributed by atoms with Gasteiger partial charge in [0.2, 0.25) is 0 Å². The van der Waals surface area contributed by atoms with E-state index in [0.717, 1.165) is 0 Å². The van der Waals surface area contributed by atoms with Crippen molar-refractivity contribution in [1.82, 2.24) is 0 Å². The number of hydrogen-bond acceptors (Lipinski definition) is 3. The molecule has 2 aromatic rings. The maximum Gasteiger partial charge on any atom is 0.200 e. The van der Waals surface area contributed by atoms with Crippen LogP contribution in [0.15, 0.2) is 46.9 Å². The Morgan fingerprint density at radius 3 is 2.53 bits per heavy atom. The summed E-state index contributed by atoms with van der Waals surface area (Å²) < 4.78 is 6.11. The lowest BCUT2D eigenvalue weighted by atomic mass is 10.1. The van der Waals surface area contributed by atoms with Gasteiger partial charge in [0.25, 0.3) is 0 Å². The average Bonchev–Trinajstić information content (AvgIpc) is 2.38. The molecule has 1 N–H and O–H groups in total. The fourth-order valence-corrected chi connectivity index (χ4v) is 2.26. The maximum absolute atomic E-state index is 11.9. The molecule has 0 saturated carbocycles. The molecule has 2 aromatic carbocycles. The molecule has 98 valence electrons. The van der Waals surface area contributed by atoms with E-state index in [4.69, 9.17) is 21.4 Å². The number of hydrogen-bond donors (Lipinski definition) is 1. The lowest BCUT2D eigenvalue weighted by Crippen LogP contribution is -2.11. The van der Waals surface area contributed by atoms with Gasteiger partial charge in [0.1, 0.15) is 11.5 Å². The van der Waals surface area contributed by atoms with Crippen LogP contribution in [0.1, 0.15) is 10.4 Å². The van der Waals surface area contributed by atoms with E-state index in [1.54, 1.807) is 30.3 Å². The number of carbonyl (C=O) groups is 1. The van der Waals surface area contributed by atoms with Crippen molar-refractivity contribution in [2.45, 2.75) is 0 Å². The summed E-state index contributed by atoms with van der Waals surface area (Å²) in [5.74, 6) is 0.510. The summed E-state index contributed by atoms with van der Waals surface area (Å²) in [4.78, 5) is 11.9. The molecule has 2 rings (SSSR count). The monoisotopic (exact) mass is 340 g/mol. The number of phenolic OH excluding ortho intramolecular Hbond substituents is 1. The van der Waals surface area contributed by atoms with Crippen LogP contribution in [0, 0.1) is 0 Å². The van der Waals surface area contributed by atoms with Gasteiger partial charge in [-0.1, -0.05) is 11.6 Å². The van der Waals surface area contributed by atoms with Crippen LogP contribution in [0.25, 0.3) is 0 Å². The Kier molecular flexibility index (Phi) is 4.45. The minimum absolute atomic E-state index is 0.0784. The first-order valence-corrected chi connectivity index (χ1v) is 6.63. The normalized spacial score (nSPS) is 10.2. The summed E-state index contributed by atoms with van der Waals surface area (Å²) in [6.07, 6.45) is 0. The highest BCUT2D eigenvalue weighted by Gasteiger charge is 2.08. The number of ether oxygens (including phenoxy) is 1. The molecular formula is C14H10BrClO3. The molecule has 3 nitrogen and oxygen atoms in total. The second-order valence-electron chi connectivity index (χ2n) is 3.83. The smallest absolute Gasteiger partial charge is 0.200 e. The fraction of sp³-hybridized carbons (Fsp3) is 0.0714. The molecule has 0 bridgehead atoms. The Hall–Kier alpha value is -1.52. The van der Waals surface area contributed by atoms with Crippen LogP contribution in [0.3, 0.4) is 0 Å². The first-order chi connectivity index (χ1) is 9.06. The molecule has 0 saturated heterocycles. The van der Waals surface area contributed by atoms with Gasteiger partial charge >= 0.3 is 0 Å². The Morgan fingerprint density at radius 2 is 1.89 bits per heavy atom. The molecule has 0 aliphatic rings. The molecule has 0 fully saturated rings. The van der Waals surface area contributed by atoms with Gasteiger partial charge in [-0.15, -0.1) is 0 Å². The summed E-state index contributed by atoms with van der Waals surface area (Å²) in [6, 6.07) is 11.1. The molecule has 19 heavy (non-hydrogen) atoms. The quantitative estimate of drug-likeness (QED) is 0.853. The zero-order chi connectivity index (χ0) is 13.8.